The topological polar surface area (TPSA) is 237 Å². The van der Waals surface area contributed by atoms with Gasteiger partial charge >= 0.3 is 0 Å². The number of ketones is 2. The summed E-state index contributed by atoms with van der Waals surface area (Å²) in [5.41, 5.74) is 2.21. The molecule has 4 aliphatic rings. The Balaban J connectivity index is 1.48. The van der Waals surface area contributed by atoms with Gasteiger partial charge in [0.25, 0.3) is 5.91 Å². The smallest absolute Gasteiger partial charge is 0.255 e. The van der Waals surface area contributed by atoms with Crippen molar-refractivity contribution in [3.05, 3.63) is 58.1 Å². The first kappa shape index (κ1) is 40.6. The highest BCUT2D eigenvalue weighted by molar-refractivity contribution is 6.25. The first-order valence-corrected chi connectivity index (χ1v) is 19.1. The number of primary amides is 1. The molecule has 16 heteroatoms. The number of aromatic hydroxyl groups is 1. The van der Waals surface area contributed by atoms with Gasteiger partial charge in [-0.2, -0.15) is 5.11 Å². The molecule has 2 aromatic rings. The molecule has 6 atom stereocenters. The Morgan fingerprint density at radius 2 is 1.62 bits per heavy atom. The number of phenolic OH excluding ortho intramolecular Hbond substituents is 1. The van der Waals surface area contributed by atoms with E-state index < -0.39 is 81.4 Å². The normalized spacial score (nSPS) is 26.4. The summed E-state index contributed by atoms with van der Waals surface area (Å²) >= 11 is 0. The lowest BCUT2D eigenvalue weighted by atomic mass is 9.55. The Labute approximate surface area is 324 Å². The Morgan fingerprint density at radius 1 is 1.00 bits per heavy atom. The van der Waals surface area contributed by atoms with Crippen molar-refractivity contribution in [3.8, 4) is 17.2 Å². The van der Waals surface area contributed by atoms with E-state index in [1.54, 1.807) is 13.0 Å². The predicted molar refractivity (Wildman–Crippen MR) is 204 cm³/mol. The molecule has 1 heterocycles. The van der Waals surface area contributed by atoms with E-state index >= 15 is 0 Å². The number of azo groups is 1. The maximum atomic E-state index is 14.4. The van der Waals surface area contributed by atoms with E-state index in [-0.39, 0.29) is 16.8 Å². The summed E-state index contributed by atoms with van der Waals surface area (Å²) in [5.74, 6) is -8.91. The number of benzene rings is 2. The van der Waals surface area contributed by atoms with Crippen LogP contribution in [0.4, 0.5) is 17.1 Å². The van der Waals surface area contributed by atoms with E-state index in [9.17, 15) is 39.9 Å². The molecular formula is C40H51N5O11. The second-order valence-corrected chi connectivity index (χ2v) is 14.9. The van der Waals surface area contributed by atoms with Gasteiger partial charge < -0.3 is 50.4 Å². The van der Waals surface area contributed by atoms with E-state index in [0.29, 0.717) is 56.7 Å². The summed E-state index contributed by atoms with van der Waals surface area (Å²) in [6.45, 7) is 9.12. The number of likely N-dealkylation sites (N-methyl/N-ethyl adjacent to an activating group) is 1. The summed E-state index contributed by atoms with van der Waals surface area (Å²) in [5, 5.41) is 67.3. The maximum Gasteiger partial charge on any atom is 0.255 e. The third-order valence-electron chi connectivity index (χ3n) is 11.3. The molecule has 1 aliphatic heterocycles. The van der Waals surface area contributed by atoms with Crippen LogP contribution < -0.4 is 20.1 Å². The highest BCUT2D eigenvalue weighted by atomic mass is 16.5. The number of rotatable bonds is 13. The van der Waals surface area contributed by atoms with Gasteiger partial charge in [0.05, 0.1) is 61.4 Å². The van der Waals surface area contributed by atoms with Gasteiger partial charge in [-0.1, -0.05) is 33.6 Å². The van der Waals surface area contributed by atoms with Crippen molar-refractivity contribution in [3.63, 3.8) is 0 Å². The number of unbranched alkanes of at least 4 members (excludes halogenated alkanes) is 2. The number of carbonyl (C=O) groups excluding carboxylic acids is 3. The minimum absolute atomic E-state index is 0.165. The molecule has 0 saturated carbocycles. The van der Waals surface area contributed by atoms with E-state index in [0.717, 1.165) is 31.4 Å². The molecule has 302 valence electrons. The van der Waals surface area contributed by atoms with Crippen LogP contribution in [0.5, 0.6) is 17.2 Å². The van der Waals surface area contributed by atoms with Crippen LogP contribution in [0.1, 0.15) is 68.3 Å². The van der Waals surface area contributed by atoms with Gasteiger partial charge in [0, 0.05) is 36.7 Å². The molecule has 6 unspecified atom stereocenters. The van der Waals surface area contributed by atoms with E-state index in [2.05, 4.69) is 29.0 Å². The number of ether oxygens (including phenoxy) is 3. The quantitative estimate of drug-likeness (QED) is 0.0949. The van der Waals surface area contributed by atoms with Crippen LogP contribution in [0, 0.1) is 11.8 Å². The second-order valence-electron chi connectivity index (χ2n) is 14.9. The monoisotopic (exact) mass is 777 g/mol. The molecular weight excluding hydrogens is 726 g/mol. The number of hydrogen-bond acceptors (Lipinski definition) is 15. The number of morpholine rings is 1. The Hall–Kier alpha value is -5.03. The van der Waals surface area contributed by atoms with Gasteiger partial charge in [-0.25, -0.2) is 0 Å². The maximum absolute atomic E-state index is 14.4. The molecule has 7 N–H and O–H groups in total. The molecule has 0 radical (unpaired) electrons. The van der Waals surface area contributed by atoms with Crippen LogP contribution in [0.15, 0.2) is 57.2 Å². The first-order valence-electron chi connectivity index (χ1n) is 19.1. The van der Waals surface area contributed by atoms with Crippen molar-refractivity contribution in [1.82, 2.24) is 4.90 Å². The fourth-order valence-corrected chi connectivity index (χ4v) is 8.43. The molecule has 1 amide bonds. The SMILES string of the molecule is CCCCOc1cc(N2CCOCC2)c(OCCCC)cc1N=Nc1ccc(O)c2c1C(C)C1C(=C(O)C3(O)C(=O)C(C(N)=O)=C(O)C(N(C)C)C3C1O)C2=O. The van der Waals surface area contributed by atoms with Gasteiger partial charge in [0.15, 0.2) is 11.4 Å². The van der Waals surface area contributed by atoms with Crippen LogP contribution >= 0.6 is 0 Å². The molecule has 0 spiro atoms. The third kappa shape index (κ3) is 6.77. The van der Waals surface area contributed by atoms with Crippen molar-refractivity contribution in [1.29, 1.82) is 0 Å². The number of Topliss-reactive ketones (excluding diaryl/α,β-unsaturated/α-hetero) is 2. The number of phenols is 1. The van der Waals surface area contributed by atoms with Crippen molar-refractivity contribution >= 4 is 34.5 Å². The highest BCUT2D eigenvalue weighted by Gasteiger charge is 2.67. The van der Waals surface area contributed by atoms with E-state index in [1.165, 1.54) is 31.1 Å². The van der Waals surface area contributed by atoms with Gasteiger partial charge in [-0.15, -0.1) is 5.11 Å². The van der Waals surface area contributed by atoms with Crippen molar-refractivity contribution in [2.45, 2.75) is 70.1 Å². The number of anilines is 1. The minimum atomic E-state index is -3.02. The predicted octanol–water partition coefficient (Wildman–Crippen LogP) is 4.26. The third-order valence-corrected chi connectivity index (χ3v) is 11.3. The first-order chi connectivity index (χ1) is 26.7. The Morgan fingerprint density at radius 3 is 2.23 bits per heavy atom. The van der Waals surface area contributed by atoms with Crippen LogP contribution in [0.2, 0.25) is 0 Å². The number of amides is 1. The van der Waals surface area contributed by atoms with Crippen LogP contribution in [-0.4, -0.2) is 119 Å². The molecule has 0 aromatic heterocycles. The molecule has 0 bridgehead atoms. The molecule has 2 aromatic carbocycles. The van der Waals surface area contributed by atoms with Crippen molar-refractivity contribution < 1.29 is 54.1 Å². The number of aliphatic hydroxyl groups is 4. The standard InChI is InChI=1S/C40H51N5O11/c1-6-8-14-55-25-19-23(45-12-16-54-17-13-45)26(56-15-9-7-2)18-22(25)43-42-21-10-11-24(46)29-27(21)20(3)28-30(34(29)47)37(50)40(53)32(35(28)48)33(44(4)5)36(49)31(38(40)51)39(41)52/h10-11,18-20,28,32-33,35,46,48-50,53H,6-9,12-17H2,1-5H3,(H2,41,52). The lowest BCUT2D eigenvalue weighted by molar-refractivity contribution is -0.162. The average Bonchev–Trinajstić information content (AvgIpc) is 3.16. The summed E-state index contributed by atoms with van der Waals surface area (Å²) in [6.07, 6.45) is 1.71. The van der Waals surface area contributed by atoms with Gasteiger partial charge in [0.1, 0.15) is 40.0 Å². The number of fused-ring (bicyclic) bond motifs is 3. The number of nitrogens with zero attached hydrogens (tertiary/aromatic N) is 4. The summed E-state index contributed by atoms with van der Waals surface area (Å²) in [7, 11) is 2.96. The molecule has 1 fully saturated rings. The van der Waals surface area contributed by atoms with Gasteiger partial charge in [-0.05, 0) is 50.6 Å². The summed E-state index contributed by atoms with van der Waals surface area (Å²) in [4.78, 5) is 44.0. The van der Waals surface area contributed by atoms with Crippen LogP contribution in [-0.2, 0) is 14.3 Å². The van der Waals surface area contributed by atoms with Crippen molar-refractivity contribution in [2.75, 3.05) is 58.5 Å². The summed E-state index contributed by atoms with van der Waals surface area (Å²) in [6, 6.07) is 4.98. The zero-order valence-electron chi connectivity index (χ0n) is 32.3. The summed E-state index contributed by atoms with van der Waals surface area (Å²) < 4.78 is 18.1. The van der Waals surface area contributed by atoms with E-state index in [1.807, 2.05) is 6.07 Å². The van der Waals surface area contributed by atoms with Crippen LogP contribution in [0.3, 0.4) is 0 Å². The molecule has 1 saturated heterocycles. The van der Waals surface area contributed by atoms with Crippen LogP contribution in [0.25, 0.3) is 0 Å². The Kier molecular flexibility index (Phi) is 11.8. The molecule has 3 aliphatic carbocycles. The number of hydrogen-bond donors (Lipinski definition) is 6. The van der Waals surface area contributed by atoms with Gasteiger partial charge in [0.2, 0.25) is 5.78 Å². The number of aliphatic hydroxyl groups excluding tert-OH is 3. The largest absolute Gasteiger partial charge is 0.510 e. The fraction of sp³-hybridized carbons (Fsp3) is 0.525. The lowest BCUT2D eigenvalue weighted by Crippen LogP contribution is -2.68. The number of carbonyl (C=O) groups is 3. The lowest BCUT2D eigenvalue weighted by Gasteiger charge is -2.53. The fourth-order valence-electron chi connectivity index (χ4n) is 8.43. The van der Waals surface area contributed by atoms with E-state index in [4.69, 9.17) is 19.9 Å². The van der Waals surface area contributed by atoms with Crippen molar-refractivity contribution in [2.24, 2.45) is 27.8 Å². The molecule has 16 nitrogen and oxygen atoms in total. The zero-order chi connectivity index (χ0) is 40.6. The average molecular weight is 778 g/mol. The van der Waals surface area contributed by atoms with Gasteiger partial charge in [-0.3, -0.25) is 19.3 Å². The molecule has 6 rings (SSSR count). The minimum Gasteiger partial charge on any atom is -0.510 e. The zero-order valence-corrected chi connectivity index (χ0v) is 32.3. The molecule has 56 heavy (non-hydrogen) atoms. The second kappa shape index (κ2) is 16.2. The highest BCUT2D eigenvalue weighted by Crippen LogP contribution is 2.57. The number of nitrogens with two attached hydrogens (primary N) is 1. The Bertz CT molecular complexity index is 1990.